The third-order valence-corrected chi connectivity index (χ3v) is 4.24. The molecule has 0 unspecified atom stereocenters. The minimum absolute atomic E-state index is 0.239. The van der Waals surface area contributed by atoms with Crippen LogP contribution in [0.5, 0.6) is 5.75 Å². The molecule has 0 bridgehead atoms. The predicted octanol–water partition coefficient (Wildman–Crippen LogP) is 5.48. The number of hydrogen-bond acceptors (Lipinski definition) is 3. The van der Waals surface area contributed by atoms with E-state index < -0.39 is 0 Å². The van der Waals surface area contributed by atoms with Crippen molar-refractivity contribution in [1.29, 1.82) is 0 Å². The van der Waals surface area contributed by atoms with Crippen LogP contribution in [0.25, 0.3) is 33.2 Å². The van der Waals surface area contributed by atoms with Gasteiger partial charge in [-0.1, -0.05) is 38.1 Å². The number of para-hydroxylation sites is 1. The van der Waals surface area contributed by atoms with Crippen molar-refractivity contribution in [2.24, 2.45) is 0 Å². The SMILES string of the molecule is CC(C)c1ccc2oc3c(-c4ccccc4O)ccnc3c2c1. The Morgan fingerprint density at radius 2 is 1.83 bits per heavy atom. The number of rotatable bonds is 2. The summed E-state index contributed by atoms with van der Waals surface area (Å²) in [4.78, 5) is 4.51. The van der Waals surface area contributed by atoms with E-state index in [1.807, 2.05) is 30.3 Å². The van der Waals surface area contributed by atoms with Crippen molar-refractivity contribution in [2.75, 3.05) is 0 Å². The van der Waals surface area contributed by atoms with Crippen LogP contribution >= 0.6 is 0 Å². The number of aromatic nitrogens is 1. The number of phenols is 1. The van der Waals surface area contributed by atoms with Crippen molar-refractivity contribution in [1.82, 2.24) is 4.98 Å². The number of fused-ring (bicyclic) bond motifs is 3. The molecule has 0 fully saturated rings. The number of phenolic OH excluding ortho intramolecular Hbond substituents is 1. The van der Waals surface area contributed by atoms with Gasteiger partial charge in [-0.25, -0.2) is 0 Å². The molecule has 0 amide bonds. The molecule has 0 aliphatic heterocycles. The number of furan rings is 1. The lowest BCUT2D eigenvalue weighted by atomic mass is 10.0. The Morgan fingerprint density at radius 3 is 2.61 bits per heavy atom. The van der Waals surface area contributed by atoms with E-state index in [-0.39, 0.29) is 5.75 Å². The van der Waals surface area contributed by atoms with Crippen molar-refractivity contribution in [3.63, 3.8) is 0 Å². The minimum Gasteiger partial charge on any atom is -0.507 e. The molecule has 2 heterocycles. The zero-order chi connectivity index (χ0) is 16.0. The molecule has 114 valence electrons. The standard InChI is InChI=1S/C20H17NO2/c1-12(2)13-7-8-18-16(11-13)19-20(23-18)15(9-10-21-19)14-5-3-4-6-17(14)22/h3-12,22H,1-2H3. The summed E-state index contributed by atoms with van der Waals surface area (Å²) in [6.45, 7) is 4.34. The first-order valence-electron chi connectivity index (χ1n) is 7.74. The minimum atomic E-state index is 0.239. The van der Waals surface area contributed by atoms with Gasteiger partial charge in [-0.3, -0.25) is 4.98 Å². The Kier molecular flexibility index (Phi) is 3.08. The van der Waals surface area contributed by atoms with Crippen molar-refractivity contribution >= 4 is 22.1 Å². The van der Waals surface area contributed by atoms with Crippen LogP contribution in [0.1, 0.15) is 25.3 Å². The van der Waals surface area contributed by atoms with Gasteiger partial charge in [0, 0.05) is 22.7 Å². The molecule has 0 radical (unpaired) electrons. The van der Waals surface area contributed by atoms with E-state index in [0.717, 1.165) is 27.6 Å². The molecule has 0 aliphatic rings. The first-order valence-corrected chi connectivity index (χ1v) is 7.74. The zero-order valence-electron chi connectivity index (χ0n) is 13.1. The van der Waals surface area contributed by atoms with Gasteiger partial charge in [0.25, 0.3) is 0 Å². The normalized spacial score (nSPS) is 11.6. The summed E-state index contributed by atoms with van der Waals surface area (Å²) in [7, 11) is 0. The van der Waals surface area contributed by atoms with Gasteiger partial charge in [0.1, 0.15) is 16.8 Å². The number of pyridine rings is 1. The third-order valence-electron chi connectivity index (χ3n) is 4.24. The summed E-state index contributed by atoms with van der Waals surface area (Å²) in [5.74, 6) is 0.689. The average molecular weight is 303 g/mol. The number of nitrogens with zero attached hydrogens (tertiary/aromatic N) is 1. The number of aromatic hydroxyl groups is 1. The molecule has 0 aliphatic carbocycles. The van der Waals surface area contributed by atoms with Crippen molar-refractivity contribution in [3.05, 3.63) is 60.3 Å². The van der Waals surface area contributed by atoms with Crippen LogP contribution in [-0.4, -0.2) is 10.1 Å². The van der Waals surface area contributed by atoms with E-state index >= 15 is 0 Å². The second kappa shape index (κ2) is 5.13. The highest BCUT2D eigenvalue weighted by Gasteiger charge is 2.15. The molecule has 0 saturated heterocycles. The lowest BCUT2D eigenvalue weighted by molar-refractivity contribution is 0.477. The van der Waals surface area contributed by atoms with Gasteiger partial charge in [0.05, 0.1) is 0 Å². The summed E-state index contributed by atoms with van der Waals surface area (Å²) in [6.07, 6.45) is 1.76. The van der Waals surface area contributed by atoms with Crippen LogP contribution in [-0.2, 0) is 0 Å². The molecule has 0 saturated carbocycles. The van der Waals surface area contributed by atoms with Crippen molar-refractivity contribution in [3.8, 4) is 16.9 Å². The van der Waals surface area contributed by atoms with E-state index in [4.69, 9.17) is 4.42 Å². The maximum atomic E-state index is 10.2. The topological polar surface area (TPSA) is 46.3 Å². The van der Waals surface area contributed by atoms with Crippen LogP contribution < -0.4 is 0 Å². The second-order valence-electron chi connectivity index (χ2n) is 6.07. The summed E-state index contributed by atoms with van der Waals surface area (Å²) in [5, 5.41) is 11.2. The molecular weight excluding hydrogens is 286 g/mol. The van der Waals surface area contributed by atoms with Gasteiger partial charge in [-0.05, 0) is 35.7 Å². The average Bonchev–Trinajstić information content (AvgIpc) is 2.93. The Morgan fingerprint density at radius 1 is 1.00 bits per heavy atom. The fourth-order valence-corrected chi connectivity index (χ4v) is 2.95. The Bertz CT molecular complexity index is 1010. The molecule has 3 heteroatoms. The quantitative estimate of drug-likeness (QED) is 0.533. The smallest absolute Gasteiger partial charge is 0.161 e. The number of hydrogen-bond donors (Lipinski definition) is 1. The van der Waals surface area contributed by atoms with E-state index in [1.54, 1.807) is 12.3 Å². The van der Waals surface area contributed by atoms with Crippen molar-refractivity contribution in [2.45, 2.75) is 19.8 Å². The second-order valence-corrected chi connectivity index (χ2v) is 6.07. The summed E-state index contributed by atoms with van der Waals surface area (Å²) in [5.41, 5.74) is 5.24. The summed E-state index contributed by atoms with van der Waals surface area (Å²) < 4.78 is 6.05. The zero-order valence-corrected chi connectivity index (χ0v) is 13.1. The fraction of sp³-hybridized carbons (Fsp3) is 0.150. The van der Waals surface area contributed by atoms with Crippen LogP contribution in [0.3, 0.4) is 0 Å². The summed E-state index contributed by atoms with van der Waals surface area (Å²) in [6, 6.07) is 15.4. The van der Waals surface area contributed by atoms with Crippen LogP contribution in [0.4, 0.5) is 0 Å². The van der Waals surface area contributed by atoms with Crippen LogP contribution in [0.15, 0.2) is 59.1 Å². The Balaban J connectivity index is 2.05. The lowest BCUT2D eigenvalue weighted by Crippen LogP contribution is -1.86. The molecule has 2 aromatic carbocycles. The van der Waals surface area contributed by atoms with Gasteiger partial charge in [0.2, 0.25) is 0 Å². The largest absolute Gasteiger partial charge is 0.507 e. The van der Waals surface area contributed by atoms with Gasteiger partial charge in [-0.15, -0.1) is 0 Å². The highest BCUT2D eigenvalue weighted by molar-refractivity contribution is 6.07. The van der Waals surface area contributed by atoms with E-state index in [0.29, 0.717) is 11.5 Å². The van der Waals surface area contributed by atoms with Gasteiger partial charge < -0.3 is 9.52 Å². The highest BCUT2D eigenvalue weighted by Crippen LogP contribution is 2.38. The molecule has 23 heavy (non-hydrogen) atoms. The van der Waals surface area contributed by atoms with Gasteiger partial charge in [0.15, 0.2) is 5.58 Å². The molecule has 4 rings (SSSR count). The van der Waals surface area contributed by atoms with E-state index in [1.165, 1.54) is 5.56 Å². The van der Waals surface area contributed by atoms with Gasteiger partial charge in [-0.2, -0.15) is 0 Å². The Labute approximate surface area is 134 Å². The first kappa shape index (κ1) is 13.8. The summed E-state index contributed by atoms with van der Waals surface area (Å²) >= 11 is 0. The van der Waals surface area contributed by atoms with Crippen LogP contribution in [0, 0.1) is 0 Å². The molecule has 0 spiro atoms. The monoisotopic (exact) mass is 303 g/mol. The molecule has 1 N–H and O–H groups in total. The maximum absolute atomic E-state index is 10.2. The molecule has 0 atom stereocenters. The first-order chi connectivity index (χ1) is 11.1. The number of benzene rings is 2. The van der Waals surface area contributed by atoms with Crippen LogP contribution in [0.2, 0.25) is 0 Å². The third kappa shape index (κ3) is 2.16. The van der Waals surface area contributed by atoms with Crippen molar-refractivity contribution < 1.29 is 9.52 Å². The lowest BCUT2D eigenvalue weighted by Gasteiger charge is -2.04. The van der Waals surface area contributed by atoms with E-state index in [2.05, 4.69) is 31.0 Å². The molecular formula is C20H17NO2. The van der Waals surface area contributed by atoms with Gasteiger partial charge >= 0.3 is 0 Å². The highest BCUT2D eigenvalue weighted by atomic mass is 16.3. The maximum Gasteiger partial charge on any atom is 0.161 e. The molecule has 4 aromatic rings. The predicted molar refractivity (Wildman–Crippen MR) is 92.7 cm³/mol. The molecule has 3 nitrogen and oxygen atoms in total. The Hall–Kier alpha value is -2.81. The fourth-order valence-electron chi connectivity index (χ4n) is 2.95. The van der Waals surface area contributed by atoms with E-state index in [9.17, 15) is 5.11 Å². The molecule has 2 aromatic heterocycles.